The topological polar surface area (TPSA) is 67.1 Å². The van der Waals surface area contributed by atoms with Gasteiger partial charge < -0.3 is 10.6 Å². The summed E-state index contributed by atoms with van der Waals surface area (Å²) in [6.45, 7) is 4.05. The number of aromatic nitrogens is 3. The summed E-state index contributed by atoms with van der Waals surface area (Å²) in [5, 5.41) is 10.7. The third-order valence-corrected chi connectivity index (χ3v) is 3.93. The van der Waals surface area contributed by atoms with Crippen LogP contribution in [0.3, 0.4) is 0 Å². The number of guanidine groups is 1. The van der Waals surface area contributed by atoms with Crippen LogP contribution in [-0.2, 0) is 13.0 Å². The van der Waals surface area contributed by atoms with Gasteiger partial charge in [0.05, 0.1) is 6.54 Å². The maximum atomic E-state index is 13.0. The van der Waals surface area contributed by atoms with Gasteiger partial charge in [-0.25, -0.2) is 19.0 Å². The number of hydrogen-bond donors (Lipinski definition) is 2. The smallest absolute Gasteiger partial charge is 0.191 e. The molecule has 0 saturated carbocycles. The van der Waals surface area contributed by atoms with Crippen molar-refractivity contribution in [2.45, 2.75) is 19.9 Å². The van der Waals surface area contributed by atoms with Gasteiger partial charge in [0.2, 0.25) is 0 Å². The number of benzene rings is 1. The zero-order valence-corrected chi connectivity index (χ0v) is 15.3. The summed E-state index contributed by atoms with van der Waals surface area (Å²) in [7, 11) is 0. The van der Waals surface area contributed by atoms with Crippen LogP contribution in [0.5, 0.6) is 0 Å². The van der Waals surface area contributed by atoms with Crippen molar-refractivity contribution in [3.8, 4) is 5.82 Å². The molecule has 0 aliphatic heterocycles. The molecule has 2 N–H and O–H groups in total. The monoisotopic (exact) mass is 366 g/mol. The Hall–Kier alpha value is -3.22. The molecule has 0 unspecified atom stereocenters. The predicted molar refractivity (Wildman–Crippen MR) is 104 cm³/mol. The Kier molecular flexibility index (Phi) is 6.51. The second kappa shape index (κ2) is 9.47. The van der Waals surface area contributed by atoms with E-state index in [9.17, 15) is 4.39 Å². The largest absolute Gasteiger partial charge is 0.357 e. The molecular weight excluding hydrogens is 343 g/mol. The van der Waals surface area contributed by atoms with E-state index in [0.717, 1.165) is 35.9 Å². The molecule has 0 spiro atoms. The number of nitrogens with zero attached hydrogens (tertiary/aromatic N) is 4. The van der Waals surface area contributed by atoms with Gasteiger partial charge in [-0.05, 0) is 54.8 Å². The average molecular weight is 366 g/mol. The van der Waals surface area contributed by atoms with Gasteiger partial charge in [-0.15, -0.1) is 0 Å². The summed E-state index contributed by atoms with van der Waals surface area (Å²) >= 11 is 0. The lowest BCUT2D eigenvalue weighted by Gasteiger charge is -2.11. The van der Waals surface area contributed by atoms with Crippen LogP contribution in [-0.4, -0.2) is 33.8 Å². The Morgan fingerprint density at radius 3 is 2.70 bits per heavy atom. The summed E-state index contributed by atoms with van der Waals surface area (Å²) < 4.78 is 14.7. The van der Waals surface area contributed by atoms with Gasteiger partial charge in [-0.3, -0.25) is 0 Å². The Bertz CT molecular complexity index is 858. The van der Waals surface area contributed by atoms with E-state index >= 15 is 0 Å². The lowest BCUT2D eigenvalue weighted by atomic mass is 10.1. The molecule has 0 atom stereocenters. The molecule has 7 heteroatoms. The highest BCUT2D eigenvalue weighted by Gasteiger charge is 2.02. The first-order chi connectivity index (χ1) is 13.2. The molecule has 27 heavy (non-hydrogen) atoms. The van der Waals surface area contributed by atoms with Crippen molar-refractivity contribution in [1.82, 2.24) is 25.4 Å². The van der Waals surface area contributed by atoms with Gasteiger partial charge >= 0.3 is 0 Å². The molecule has 0 saturated heterocycles. The van der Waals surface area contributed by atoms with Crippen LogP contribution >= 0.6 is 0 Å². The van der Waals surface area contributed by atoms with E-state index in [1.165, 1.54) is 12.1 Å². The molecule has 0 amide bonds. The van der Waals surface area contributed by atoms with E-state index in [2.05, 4.69) is 25.7 Å². The fourth-order valence-corrected chi connectivity index (χ4v) is 2.58. The summed E-state index contributed by atoms with van der Waals surface area (Å²) in [6.07, 6.45) is 6.14. The fraction of sp³-hybridized carbons (Fsp3) is 0.250. The Morgan fingerprint density at radius 2 is 1.96 bits per heavy atom. The second-order valence-corrected chi connectivity index (χ2v) is 5.97. The van der Waals surface area contributed by atoms with Crippen LogP contribution in [0.1, 0.15) is 18.1 Å². The average Bonchev–Trinajstić information content (AvgIpc) is 3.23. The van der Waals surface area contributed by atoms with Crippen LogP contribution in [0.2, 0.25) is 0 Å². The van der Waals surface area contributed by atoms with E-state index < -0.39 is 0 Å². The SMILES string of the molecule is CCNC(=NCc1ccnc(-n2cccn2)c1)NCCc1ccc(F)cc1. The minimum atomic E-state index is -0.214. The number of rotatable bonds is 7. The first-order valence-electron chi connectivity index (χ1n) is 8.96. The molecule has 0 bridgehead atoms. The van der Waals surface area contributed by atoms with Gasteiger partial charge in [-0.2, -0.15) is 5.10 Å². The second-order valence-electron chi connectivity index (χ2n) is 5.97. The van der Waals surface area contributed by atoms with Crippen molar-refractivity contribution in [2.75, 3.05) is 13.1 Å². The highest BCUT2D eigenvalue weighted by molar-refractivity contribution is 5.79. The van der Waals surface area contributed by atoms with Crippen LogP contribution in [0, 0.1) is 5.82 Å². The van der Waals surface area contributed by atoms with Crippen LogP contribution < -0.4 is 10.6 Å². The highest BCUT2D eigenvalue weighted by Crippen LogP contribution is 2.07. The summed E-state index contributed by atoms with van der Waals surface area (Å²) in [5.74, 6) is 1.30. The summed E-state index contributed by atoms with van der Waals surface area (Å²) in [6, 6.07) is 12.3. The van der Waals surface area contributed by atoms with E-state index in [1.54, 1.807) is 29.2 Å². The first kappa shape index (κ1) is 18.6. The Morgan fingerprint density at radius 1 is 1.11 bits per heavy atom. The minimum absolute atomic E-state index is 0.214. The third kappa shape index (κ3) is 5.64. The fourth-order valence-electron chi connectivity index (χ4n) is 2.58. The van der Waals surface area contributed by atoms with Crippen molar-refractivity contribution in [2.24, 2.45) is 4.99 Å². The summed E-state index contributed by atoms with van der Waals surface area (Å²) in [4.78, 5) is 8.96. The molecule has 0 radical (unpaired) electrons. The Balaban J connectivity index is 1.58. The van der Waals surface area contributed by atoms with Gasteiger partial charge in [0, 0.05) is 31.7 Å². The van der Waals surface area contributed by atoms with Crippen molar-refractivity contribution < 1.29 is 4.39 Å². The first-order valence-corrected chi connectivity index (χ1v) is 8.96. The molecule has 3 rings (SSSR count). The van der Waals surface area contributed by atoms with E-state index in [4.69, 9.17) is 0 Å². The van der Waals surface area contributed by atoms with E-state index in [1.807, 2.05) is 31.3 Å². The van der Waals surface area contributed by atoms with Crippen LogP contribution in [0.4, 0.5) is 4.39 Å². The minimum Gasteiger partial charge on any atom is -0.357 e. The lowest BCUT2D eigenvalue weighted by Crippen LogP contribution is -2.38. The van der Waals surface area contributed by atoms with Gasteiger partial charge in [0.25, 0.3) is 0 Å². The molecule has 3 aromatic rings. The van der Waals surface area contributed by atoms with Crippen molar-refractivity contribution in [3.05, 3.63) is 78.0 Å². The molecule has 2 aromatic heterocycles. The molecular formula is C20H23FN6. The van der Waals surface area contributed by atoms with Crippen molar-refractivity contribution in [1.29, 1.82) is 0 Å². The molecule has 1 aromatic carbocycles. The molecule has 6 nitrogen and oxygen atoms in total. The normalized spacial score (nSPS) is 11.4. The maximum absolute atomic E-state index is 13.0. The number of aliphatic imine (C=N–C) groups is 1. The standard InChI is InChI=1S/C20H23FN6/c1-2-22-20(24-12-8-16-4-6-18(21)7-5-16)25-15-17-9-11-23-19(14-17)27-13-3-10-26-27/h3-7,9-11,13-14H,2,8,12,15H2,1H3,(H2,22,24,25). The predicted octanol–water partition coefficient (Wildman–Crippen LogP) is 2.70. The molecule has 0 fully saturated rings. The highest BCUT2D eigenvalue weighted by atomic mass is 19.1. The Labute approximate surface area is 158 Å². The van der Waals surface area contributed by atoms with Gasteiger partial charge in [0.15, 0.2) is 11.8 Å². The third-order valence-electron chi connectivity index (χ3n) is 3.93. The molecule has 0 aliphatic rings. The summed E-state index contributed by atoms with van der Waals surface area (Å²) in [5.41, 5.74) is 2.13. The number of halogens is 1. The van der Waals surface area contributed by atoms with Crippen molar-refractivity contribution >= 4 is 5.96 Å². The van der Waals surface area contributed by atoms with Crippen LogP contribution in [0.15, 0.2) is 66.0 Å². The molecule has 0 aliphatic carbocycles. The van der Waals surface area contributed by atoms with Crippen molar-refractivity contribution in [3.63, 3.8) is 0 Å². The number of hydrogen-bond acceptors (Lipinski definition) is 3. The quantitative estimate of drug-likeness (QED) is 0.498. The molecule has 140 valence electrons. The van der Waals surface area contributed by atoms with Crippen LogP contribution in [0.25, 0.3) is 5.82 Å². The number of nitrogens with one attached hydrogen (secondary N) is 2. The zero-order valence-electron chi connectivity index (χ0n) is 15.3. The molecule has 2 heterocycles. The zero-order chi connectivity index (χ0) is 18.9. The number of pyridine rings is 1. The van der Waals surface area contributed by atoms with Gasteiger partial charge in [-0.1, -0.05) is 12.1 Å². The van der Waals surface area contributed by atoms with Gasteiger partial charge in [0.1, 0.15) is 5.82 Å². The maximum Gasteiger partial charge on any atom is 0.191 e. The van der Waals surface area contributed by atoms with E-state index in [0.29, 0.717) is 13.1 Å². The lowest BCUT2D eigenvalue weighted by molar-refractivity contribution is 0.626. The van der Waals surface area contributed by atoms with E-state index in [-0.39, 0.29) is 5.82 Å².